The Balaban J connectivity index is 1.47. The van der Waals surface area contributed by atoms with Gasteiger partial charge in [0.05, 0.1) is 6.54 Å². The lowest BCUT2D eigenvalue weighted by molar-refractivity contribution is -0.132. The van der Waals surface area contributed by atoms with E-state index in [0.717, 1.165) is 18.7 Å². The molecule has 8 nitrogen and oxygen atoms in total. The zero-order valence-electron chi connectivity index (χ0n) is 14.6. The normalized spacial score (nSPS) is 16.2. The van der Waals surface area contributed by atoms with Gasteiger partial charge >= 0.3 is 0 Å². The lowest BCUT2D eigenvalue weighted by Gasteiger charge is -2.36. The first kappa shape index (κ1) is 17.7. The van der Waals surface area contributed by atoms with E-state index in [1.54, 1.807) is 23.0 Å². The molecule has 0 unspecified atom stereocenters. The van der Waals surface area contributed by atoms with E-state index >= 15 is 0 Å². The van der Waals surface area contributed by atoms with E-state index in [1.165, 1.54) is 0 Å². The van der Waals surface area contributed by atoms with Gasteiger partial charge in [-0.1, -0.05) is 28.9 Å². The van der Waals surface area contributed by atoms with Gasteiger partial charge in [0, 0.05) is 23.0 Å². The molecule has 1 aliphatic heterocycles. The number of amides is 1. The Morgan fingerprint density at radius 2 is 2.19 bits per heavy atom. The van der Waals surface area contributed by atoms with Gasteiger partial charge in [-0.15, -0.1) is 0 Å². The van der Waals surface area contributed by atoms with Crippen molar-refractivity contribution in [3.63, 3.8) is 0 Å². The molecular formula is C18H19ClN6O2. The van der Waals surface area contributed by atoms with E-state index in [0.29, 0.717) is 29.6 Å². The fraction of sp³-hybridized carbons (Fsp3) is 0.333. The maximum atomic E-state index is 13.0. The molecule has 1 amide bonds. The zero-order valence-corrected chi connectivity index (χ0v) is 15.3. The number of benzene rings is 1. The van der Waals surface area contributed by atoms with Crippen LogP contribution in [-0.4, -0.2) is 38.9 Å². The number of hydrogen-bond donors (Lipinski definition) is 2. The Hall–Kier alpha value is -2.71. The summed E-state index contributed by atoms with van der Waals surface area (Å²) in [6.07, 6.45) is 4.84. The Morgan fingerprint density at radius 3 is 2.93 bits per heavy atom. The lowest BCUT2D eigenvalue weighted by Crippen LogP contribution is -2.54. The highest BCUT2D eigenvalue weighted by molar-refractivity contribution is 6.30. The number of nitrogens with zero attached hydrogens (tertiary/aromatic N) is 4. The summed E-state index contributed by atoms with van der Waals surface area (Å²) in [5.74, 6) is 0.670. The Labute approximate surface area is 160 Å². The molecule has 0 radical (unpaired) electrons. The fourth-order valence-corrected chi connectivity index (χ4v) is 3.50. The molecule has 0 atom stereocenters. The summed E-state index contributed by atoms with van der Waals surface area (Å²) in [6.45, 7) is 1.67. The van der Waals surface area contributed by atoms with Gasteiger partial charge in [-0.2, -0.15) is 10.1 Å². The van der Waals surface area contributed by atoms with E-state index in [-0.39, 0.29) is 12.5 Å². The number of carbonyl (C=O) groups is 1. The second-order valence-electron chi connectivity index (χ2n) is 6.44. The molecule has 3 heterocycles. The van der Waals surface area contributed by atoms with Crippen LogP contribution in [0.15, 0.2) is 47.2 Å². The largest absolute Gasteiger partial charge is 0.345 e. The van der Waals surface area contributed by atoms with Gasteiger partial charge in [0.1, 0.15) is 5.54 Å². The van der Waals surface area contributed by atoms with Crippen molar-refractivity contribution in [2.75, 3.05) is 13.1 Å². The highest BCUT2D eigenvalue weighted by Crippen LogP contribution is 2.27. The molecule has 1 saturated heterocycles. The first-order chi connectivity index (χ1) is 13.2. The fourth-order valence-electron chi connectivity index (χ4n) is 3.31. The van der Waals surface area contributed by atoms with Crippen molar-refractivity contribution >= 4 is 17.5 Å². The van der Waals surface area contributed by atoms with E-state index < -0.39 is 5.54 Å². The number of carbonyl (C=O) groups excluding carboxylic acids is 1. The first-order valence-corrected chi connectivity index (χ1v) is 9.13. The molecule has 3 aromatic rings. The Kier molecular flexibility index (Phi) is 4.91. The second kappa shape index (κ2) is 7.50. The number of nitrogens with one attached hydrogen (secondary N) is 2. The molecule has 0 bridgehead atoms. The van der Waals surface area contributed by atoms with Gasteiger partial charge in [-0.05, 0) is 44.1 Å². The van der Waals surface area contributed by atoms with Crippen LogP contribution in [0.2, 0.25) is 5.02 Å². The van der Waals surface area contributed by atoms with Crippen LogP contribution >= 0.6 is 11.6 Å². The highest BCUT2D eigenvalue weighted by Gasteiger charge is 2.41. The zero-order chi connectivity index (χ0) is 18.7. The minimum atomic E-state index is -0.704. The molecule has 27 heavy (non-hydrogen) atoms. The molecule has 1 fully saturated rings. The highest BCUT2D eigenvalue weighted by atomic mass is 35.5. The van der Waals surface area contributed by atoms with Crippen molar-refractivity contribution in [1.82, 2.24) is 30.6 Å². The minimum absolute atomic E-state index is 0.102. The monoisotopic (exact) mass is 386 g/mol. The van der Waals surface area contributed by atoms with Crippen LogP contribution in [0.3, 0.4) is 0 Å². The number of rotatable bonds is 5. The van der Waals surface area contributed by atoms with Crippen LogP contribution < -0.4 is 10.6 Å². The van der Waals surface area contributed by atoms with Gasteiger partial charge in [0.25, 0.3) is 0 Å². The summed E-state index contributed by atoms with van der Waals surface area (Å²) in [7, 11) is 0. The standard InChI is InChI=1S/C18H19ClN6O2/c19-14-4-1-3-13(11-14)16-23-15(27-24-16)12-21-17(26)18(5-8-20-9-6-18)25-10-2-7-22-25/h1-4,7,10-11,20H,5-6,8-9,12H2,(H,21,26). The third-order valence-electron chi connectivity index (χ3n) is 4.75. The second-order valence-corrected chi connectivity index (χ2v) is 6.87. The van der Waals surface area contributed by atoms with Crippen molar-refractivity contribution in [2.24, 2.45) is 0 Å². The summed E-state index contributed by atoms with van der Waals surface area (Å²) in [6, 6.07) is 9.03. The van der Waals surface area contributed by atoms with Crippen LogP contribution in [0.1, 0.15) is 18.7 Å². The van der Waals surface area contributed by atoms with Crippen molar-refractivity contribution in [3.8, 4) is 11.4 Å². The Bertz CT molecular complexity index is 918. The lowest BCUT2D eigenvalue weighted by atomic mass is 9.87. The van der Waals surface area contributed by atoms with E-state index in [9.17, 15) is 4.79 Å². The molecule has 0 aliphatic carbocycles. The van der Waals surface area contributed by atoms with E-state index in [1.807, 2.05) is 24.4 Å². The molecule has 0 spiro atoms. The molecule has 1 aliphatic rings. The minimum Gasteiger partial charge on any atom is -0.345 e. The Morgan fingerprint density at radius 1 is 1.33 bits per heavy atom. The number of hydrogen-bond acceptors (Lipinski definition) is 6. The van der Waals surface area contributed by atoms with Crippen LogP contribution in [0.25, 0.3) is 11.4 Å². The topological polar surface area (TPSA) is 97.9 Å². The number of piperidine rings is 1. The molecular weight excluding hydrogens is 368 g/mol. The number of halogens is 1. The summed E-state index contributed by atoms with van der Waals surface area (Å²) in [5, 5.41) is 15.1. The van der Waals surface area contributed by atoms with Crippen molar-refractivity contribution in [2.45, 2.75) is 24.9 Å². The molecule has 140 valence electrons. The van der Waals surface area contributed by atoms with Gasteiger partial charge < -0.3 is 15.2 Å². The summed E-state index contributed by atoms with van der Waals surface area (Å²) >= 11 is 6.00. The smallest absolute Gasteiger partial charge is 0.248 e. The van der Waals surface area contributed by atoms with Gasteiger partial charge in [-0.25, -0.2) is 0 Å². The predicted molar refractivity (Wildman–Crippen MR) is 98.9 cm³/mol. The van der Waals surface area contributed by atoms with Gasteiger partial charge in [0.15, 0.2) is 0 Å². The maximum absolute atomic E-state index is 13.0. The molecule has 9 heteroatoms. The average Bonchev–Trinajstić information content (AvgIpc) is 3.39. The third kappa shape index (κ3) is 3.58. The van der Waals surface area contributed by atoms with E-state index in [4.69, 9.17) is 16.1 Å². The van der Waals surface area contributed by atoms with Crippen LogP contribution in [0.5, 0.6) is 0 Å². The summed E-state index contributed by atoms with van der Waals surface area (Å²) < 4.78 is 7.01. The molecule has 2 N–H and O–H groups in total. The van der Waals surface area contributed by atoms with Gasteiger partial charge in [-0.3, -0.25) is 9.48 Å². The average molecular weight is 387 g/mol. The maximum Gasteiger partial charge on any atom is 0.248 e. The molecule has 4 rings (SSSR count). The van der Waals surface area contributed by atoms with Crippen LogP contribution in [0, 0.1) is 0 Å². The first-order valence-electron chi connectivity index (χ1n) is 8.75. The quantitative estimate of drug-likeness (QED) is 0.695. The van der Waals surface area contributed by atoms with Gasteiger partial charge in [0.2, 0.25) is 17.6 Å². The van der Waals surface area contributed by atoms with Crippen molar-refractivity contribution < 1.29 is 9.32 Å². The number of aromatic nitrogens is 4. The molecule has 0 saturated carbocycles. The predicted octanol–water partition coefficient (Wildman–Crippen LogP) is 1.98. The van der Waals surface area contributed by atoms with E-state index in [2.05, 4.69) is 25.9 Å². The summed E-state index contributed by atoms with van der Waals surface area (Å²) in [4.78, 5) is 17.3. The molecule has 2 aromatic heterocycles. The SMILES string of the molecule is O=C(NCc1nc(-c2cccc(Cl)c2)no1)C1(n2cccn2)CCNCC1. The van der Waals surface area contributed by atoms with Crippen LogP contribution in [-0.2, 0) is 16.9 Å². The van der Waals surface area contributed by atoms with Crippen molar-refractivity contribution in [1.29, 1.82) is 0 Å². The molecule has 1 aromatic carbocycles. The third-order valence-corrected chi connectivity index (χ3v) is 4.98. The van der Waals surface area contributed by atoms with Crippen LogP contribution in [0.4, 0.5) is 0 Å². The van der Waals surface area contributed by atoms with Crippen molar-refractivity contribution in [3.05, 3.63) is 53.6 Å². The summed E-state index contributed by atoms with van der Waals surface area (Å²) in [5.41, 5.74) is 0.0556.